The minimum atomic E-state index is -0.980. The van der Waals surface area contributed by atoms with E-state index in [0.29, 0.717) is 12.2 Å². The Morgan fingerprint density at radius 2 is 1.75 bits per heavy atom. The molecule has 0 saturated heterocycles. The van der Waals surface area contributed by atoms with Crippen LogP contribution in [-0.4, -0.2) is 42.9 Å². The third-order valence-electron chi connectivity index (χ3n) is 4.78. The zero-order chi connectivity index (χ0) is 26.6. The maximum Gasteiger partial charge on any atom is 0.408 e. The van der Waals surface area contributed by atoms with Crippen LogP contribution in [0.25, 0.3) is 0 Å². The zero-order valence-corrected chi connectivity index (χ0v) is 21.4. The van der Waals surface area contributed by atoms with Crippen LogP contribution in [0.4, 0.5) is 4.79 Å². The lowest BCUT2D eigenvalue weighted by Gasteiger charge is -2.23. The lowest BCUT2D eigenvalue weighted by Crippen LogP contribution is -2.45. The predicted molar refractivity (Wildman–Crippen MR) is 136 cm³/mol. The number of hydrogen-bond acceptors (Lipinski definition) is 7. The molecule has 8 heteroatoms. The van der Waals surface area contributed by atoms with Crippen LogP contribution in [0.3, 0.4) is 0 Å². The first kappa shape index (κ1) is 28.4. The van der Waals surface area contributed by atoms with E-state index in [1.165, 1.54) is 0 Å². The first-order valence-corrected chi connectivity index (χ1v) is 11.8. The molecule has 36 heavy (non-hydrogen) atoms. The molecular formula is C28H35NO7. The van der Waals surface area contributed by atoms with Crippen LogP contribution in [-0.2, 0) is 43.2 Å². The smallest absolute Gasteiger partial charge is 0.408 e. The third kappa shape index (κ3) is 10.2. The van der Waals surface area contributed by atoms with E-state index in [1.807, 2.05) is 36.4 Å². The lowest BCUT2D eigenvalue weighted by molar-refractivity contribution is -0.147. The molecule has 8 nitrogen and oxygen atoms in total. The molecule has 1 atom stereocenters. The fourth-order valence-corrected chi connectivity index (χ4v) is 3.26. The van der Waals surface area contributed by atoms with Gasteiger partial charge in [0, 0.05) is 6.42 Å². The number of esters is 2. The fraction of sp³-hybridized carbons (Fsp3) is 0.393. The number of hydrogen-bond donors (Lipinski definition) is 1. The van der Waals surface area contributed by atoms with Gasteiger partial charge in [-0.05, 0) is 56.9 Å². The summed E-state index contributed by atoms with van der Waals surface area (Å²) >= 11 is 0. The second-order valence-corrected chi connectivity index (χ2v) is 9.02. The van der Waals surface area contributed by atoms with E-state index in [4.69, 9.17) is 18.9 Å². The van der Waals surface area contributed by atoms with Crippen molar-refractivity contribution in [1.82, 2.24) is 5.32 Å². The highest BCUT2D eigenvalue weighted by Gasteiger charge is 2.26. The Kier molecular flexibility index (Phi) is 11.0. The number of alkyl carbamates (subject to hydrolysis) is 1. The monoisotopic (exact) mass is 497 g/mol. The summed E-state index contributed by atoms with van der Waals surface area (Å²) in [6, 6.07) is 13.6. The van der Waals surface area contributed by atoms with Crippen molar-refractivity contribution in [2.24, 2.45) is 0 Å². The molecule has 0 spiro atoms. The van der Waals surface area contributed by atoms with Crippen LogP contribution in [0.2, 0.25) is 0 Å². The van der Waals surface area contributed by atoms with Gasteiger partial charge in [0.15, 0.2) is 6.61 Å². The highest BCUT2D eigenvalue weighted by Crippen LogP contribution is 2.23. The number of carbonyl (C=O) groups is 3. The largest absolute Gasteiger partial charge is 0.482 e. The molecule has 194 valence electrons. The molecule has 2 aromatic rings. The number of rotatable bonds is 12. The molecule has 1 N–H and O–H groups in total. The van der Waals surface area contributed by atoms with Gasteiger partial charge >= 0.3 is 18.0 Å². The molecule has 0 aliphatic carbocycles. The van der Waals surface area contributed by atoms with Gasteiger partial charge in [-0.25, -0.2) is 14.4 Å². The Labute approximate surface area is 212 Å². The van der Waals surface area contributed by atoms with Crippen molar-refractivity contribution in [3.8, 4) is 5.75 Å². The standard InChI is InChI=1S/C28H35NO7/c1-6-11-22-16-21(14-15-24(22)34-19-25(30)33-7-2)17-23(29-27(32)36-28(3,4)5)26(31)35-18-20-12-9-8-10-13-20/h6,8-10,12-16,23H,1,7,11,17-19H2,2-5H3,(H,29,32)/t23-/m0/s1. The Balaban J connectivity index is 2.19. The molecule has 1 amide bonds. The summed E-state index contributed by atoms with van der Waals surface area (Å²) in [7, 11) is 0. The van der Waals surface area contributed by atoms with Crippen molar-refractivity contribution in [2.75, 3.05) is 13.2 Å². The molecular weight excluding hydrogens is 462 g/mol. The summed E-state index contributed by atoms with van der Waals surface area (Å²) in [6.07, 6.45) is 1.63. The minimum Gasteiger partial charge on any atom is -0.482 e. The molecule has 0 aliphatic heterocycles. The van der Waals surface area contributed by atoms with Crippen LogP contribution >= 0.6 is 0 Å². The van der Waals surface area contributed by atoms with Crippen molar-refractivity contribution >= 4 is 18.0 Å². The van der Waals surface area contributed by atoms with Crippen LogP contribution < -0.4 is 10.1 Å². The molecule has 2 aromatic carbocycles. The molecule has 2 rings (SSSR count). The van der Waals surface area contributed by atoms with Gasteiger partial charge in [0.25, 0.3) is 0 Å². The second-order valence-electron chi connectivity index (χ2n) is 9.02. The first-order chi connectivity index (χ1) is 17.1. The van der Waals surface area contributed by atoms with Gasteiger partial charge in [0.1, 0.15) is 24.0 Å². The quantitative estimate of drug-likeness (QED) is 0.261. The fourth-order valence-electron chi connectivity index (χ4n) is 3.26. The van der Waals surface area contributed by atoms with Crippen molar-refractivity contribution in [2.45, 2.75) is 58.8 Å². The lowest BCUT2D eigenvalue weighted by atomic mass is 10.0. The highest BCUT2D eigenvalue weighted by molar-refractivity contribution is 5.81. The van der Waals surface area contributed by atoms with E-state index >= 15 is 0 Å². The van der Waals surface area contributed by atoms with Crippen molar-refractivity contribution in [3.05, 3.63) is 77.9 Å². The number of allylic oxidation sites excluding steroid dienone is 1. The number of amides is 1. The molecule has 0 radical (unpaired) electrons. The molecule has 0 aliphatic rings. The summed E-state index contributed by atoms with van der Waals surface area (Å²) in [4.78, 5) is 37.1. The van der Waals surface area contributed by atoms with Gasteiger partial charge in [-0.15, -0.1) is 6.58 Å². The zero-order valence-electron chi connectivity index (χ0n) is 21.4. The van der Waals surface area contributed by atoms with Crippen LogP contribution in [0, 0.1) is 0 Å². The van der Waals surface area contributed by atoms with Crippen LogP contribution in [0.1, 0.15) is 44.4 Å². The summed E-state index contributed by atoms with van der Waals surface area (Å²) in [5.74, 6) is -0.540. The number of carbonyl (C=O) groups excluding carboxylic acids is 3. The summed E-state index contributed by atoms with van der Waals surface area (Å²) < 4.78 is 21.3. The van der Waals surface area contributed by atoms with Crippen LogP contribution in [0.5, 0.6) is 5.75 Å². The third-order valence-corrected chi connectivity index (χ3v) is 4.78. The number of ether oxygens (including phenoxy) is 4. The topological polar surface area (TPSA) is 100 Å². The minimum absolute atomic E-state index is 0.0779. The van der Waals surface area contributed by atoms with Gasteiger partial charge in [0.2, 0.25) is 0 Å². The normalized spacial score (nSPS) is 11.7. The maximum absolute atomic E-state index is 13.0. The van der Waals surface area contributed by atoms with Crippen molar-refractivity contribution in [3.63, 3.8) is 0 Å². The van der Waals surface area contributed by atoms with E-state index < -0.39 is 29.7 Å². The average molecular weight is 498 g/mol. The van der Waals surface area contributed by atoms with E-state index in [9.17, 15) is 14.4 Å². The Morgan fingerprint density at radius 3 is 2.39 bits per heavy atom. The number of nitrogens with one attached hydrogen (secondary N) is 1. The van der Waals surface area contributed by atoms with Gasteiger partial charge in [-0.2, -0.15) is 0 Å². The van der Waals surface area contributed by atoms with Gasteiger partial charge in [0.05, 0.1) is 6.61 Å². The average Bonchev–Trinajstić information content (AvgIpc) is 2.81. The Morgan fingerprint density at radius 1 is 1.03 bits per heavy atom. The van der Waals surface area contributed by atoms with Gasteiger partial charge in [-0.1, -0.05) is 48.5 Å². The SMILES string of the molecule is C=CCc1cc(C[C@H](NC(=O)OC(C)(C)C)C(=O)OCc2ccccc2)ccc1OCC(=O)OCC. The van der Waals surface area contributed by atoms with Crippen LogP contribution in [0.15, 0.2) is 61.2 Å². The van der Waals surface area contributed by atoms with Crippen molar-refractivity contribution in [1.29, 1.82) is 0 Å². The Bertz CT molecular complexity index is 1030. The van der Waals surface area contributed by atoms with E-state index in [2.05, 4.69) is 11.9 Å². The molecule has 0 heterocycles. The van der Waals surface area contributed by atoms with E-state index in [-0.39, 0.29) is 26.2 Å². The molecule has 0 fully saturated rings. The summed E-state index contributed by atoms with van der Waals surface area (Å²) in [5.41, 5.74) is 1.64. The second kappa shape index (κ2) is 13.9. The van der Waals surface area contributed by atoms with Gasteiger partial charge < -0.3 is 24.3 Å². The molecule has 0 bridgehead atoms. The summed E-state index contributed by atoms with van der Waals surface area (Å²) in [5, 5.41) is 2.63. The Hall–Kier alpha value is -3.81. The summed E-state index contributed by atoms with van der Waals surface area (Å²) in [6.45, 7) is 10.9. The van der Waals surface area contributed by atoms with E-state index in [1.54, 1.807) is 45.9 Å². The first-order valence-electron chi connectivity index (χ1n) is 11.8. The molecule has 0 unspecified atom stereocenters. The van der Waals surface area contributed by atoms with Gasteiger partial charge in [-0.3, -0.25) is 0 Å². The predicted octanol–water partition coefficient (Wildman–Crippen LogP) is 4.54. The molecule has 0 aromatic heterocycles. The number of benzene rings is 2. The maximum atomic E-state index is 13.0. The highest BCUT2D eigenvalue weighted by atomic mass is 16.6. The molecule has 0 saturated carbocycles. The van der Waals surface area contributed by atoms with Crippen molar-refractivity contribution < 1.29 is 33.3 Å². The van der Waals surface area contributed by atoms with E-state index in [0.717, 1.165) is 16.7 Å².